The fourth-order valence-corrected chi connectivity index (χ4v) is 2.70. The maximum atomic E-state index is 6.30. The zero-order valence-corrected chi connectivity index (χ0v) is 10.8. The highest BCUT2D eigenvalue weighted by Gasteiger charge is 2.15. The van der Waals surface area contributed by atoms with Gasteiger partial charge in [0.2, 0.25) is 0 Å². The molecule has 5 heteroatoms. The Morgan fingerprint density at radius 1 is 1.44 bits per heavy atom. The molecular weight excluding hydrogens is 248 g/mol. The second kappa shape index (κ2) is 5.08. The normalized spacial score (nSPS) is 19.3. The van der Waals surface area contributed by atoms with E-state index in [-0.39, 0.29) is 0 Å². The fourth-order valence-electron chi connectivity index (χ4n) is 2.41. The van der Waals surface area contributed by atoms with Gasteiger partial charge in [-0.15, -0.1) is 0 Å². The van der Waals surface area contributed by atoms with Crippen molar-refractivity contribution in [3.63, 3.8) is 0 Å². The lowest BCUT2D eigenvalue weighted by Gasteiger charge is -2.11. The maximum Gasteiger partial charge on any atom is 0.138 e. The predicted octanol–water partition coefficient (Wildman–Crippen LogP) is 2.22. The number of hydrogen-bond donors (Lipinski definition) is 1. The number of nitrogens with one attached hydrogen (secondary N) is 1. The van der Waals surface area contributed by atoms with E-state index in [0.29, 0.717) is 6.04 Å². The SMILES string of the molecule is Clc1cc(CC2CCCN2)ccc1-n1cncn1. The lowest BCUT2D eigenvalue weighted by Crippen LogP contribution is -2.23. The van der Waals surface area contributed by atoms with Crippen LogP contribution in [0, 0.1) is 0 Å². The van der Waals surface area contributed by atoms with Crippen LogP contribution in [-0.4, -0.2) is 27.4 Å². The number of rotatable bonds is 3. The van der Waals surface area contributed by atoms with Gasteiger partial charge in [-0.2, -0.15) is 5.10 Å². The van der Waals surface area contributed by atoms with Gasteiger partial charge in [-0.3, -0.25) is 0 Å². The molecule has 0 saturated carbocycles. The van der Waals surface area contributed by atoms with Crippen molar-refractivity contribution in [3.05, 3.63) is 41.4 Å². The van der Waals surface area contributed by atoms with Crippen LogP contribution in [0.3, 0.4) is 0 Å². The average molecular weight is 263 g/mol. The summed E-state index contributed by atoms with van der Waals surface area (Å²) in [6.45, 7) is 1.13. The first-order valence-corrected chi connectivity index (χ1v) is 6.57. The van der Waals surface area contributed by atoms with Crippen molar-refractivity contribution in [2.75, 3.05) is 6.54 Å². The van der Waals surface area contributed by atoms with Gasteiger partial charge in [0.15, 0.2) is 0 Å². The second-order valence-corrected chi connectivity index (χ2v) is 5.03. The molecule has 1 N–H and O–H groups in total. The first-order valence-electron chi connectivity index (χ1n) is 6.20. The summed E-state index contributed by atoms with van der Waals surface area (Å²) in [5.74, 6) is 0. The summed E-state index contributed by atoms with van der Waals surface area (Å²) >= 11 is 6.30. The smallest absolute Gasteiger partial charge is 0.138 e. The average Bonchev–Trinajstić information content (AvgIpc) is 3.01. The minimum absolute atomic E-state index is 0.596. The standard InChI is InChI=1S/C13H15ClN4/c14-12-7-10(6-11-2-1-5-16-11)3-4-13(12)18-9-15-8-17-18/h3-4,7-9,11,16H,1-2,5-6H2. The van der Waals surface area contributed by atoms with Gasteiger partial charge < -0.3 is 5.32 Å². The van der Waals surface area contributed by atoms with Gasteiger partial charge in [0.05, 0.1) is 10.7 Å². The van der Waals surface area contributed by atoms with E-state index in [1.807, 2.05) is 12.1 Å². The summed E-state index contributed by atoms with van der Waals surface area (Å²) < 4.78 is 1.68. The van der Waals surface area contributed by atoms with Crippen molar-refractivity contribution in [3.8, 4) is 5.69 Å². The molecule has 1 aromatic carbocycles. The Bertz CT molecular complexity index is 518. The molecule has 0 bridgehead atoms. The van der Waals surface area contributed by atoms with Crippen molar-refractivity contribution < 1.29 is 0 Å². The highest BCUT2D eigenvalue weighted by Crippen LogP contribution is 2.22. The Morgan fingerprint density at radius 2 is 2.39 bits per heavy atom. The lowest BCUT2D eigenvalue weighted by molar-refractivity contribution is 0.603. The molecule has 1 fully saturated rings. The third kappa shape index (κ3) is 2.40. The van der Waals surface area contributed by atoms with Crippen LogP contribution >= 0.6 is 11.6 Å². The molecule has 2 heterocycles. The molecule has 18 heavy (non-hydrogen) atoms. The number of benzene rings is 1. The van der Waals surface area contributed by atoms with Crippen LogP contribution in [0.1, 0.15) is 18.4 Å². The van der Waals surface area contributed by atoms with Crippen molar-refractivity contribution in [2.45, 2.75) is 25.3 Å². The third-order valence-corrected chi connectivity index (χ3v) is 3.62. The Balaban J connectivity index is 1.80. The molecule has 3 rings (SSSR count). The summed E-state index contributed by atoms with van der Waals surface area (Å²) in [5.41, 5.74) is 2.14. The topological polar surface area (TPSA) is 42.7 Å². The van der Waals surface area contributed by atoms with Gasteiger partial charge >= 0.3 is 0 Å². The van der Waals surface area contributed by atoms with E-state index < -0.39 is 0 Å². The fraction of sp³-hybridized carbons (Fsp3) is 0.385. The largest absolute Gasteiger partial charge is 0.314 e. The van der Waals surface area contributed by atoms with Gasteiger partial charge in [-0.25, -0.2) is 9.67 Å². The number of hydrogen-bond acceptors (Lipinski definition) is 3. The molecule has 0 aliphatic carbocycles. The molecule has 1 saturated heterocycles. The van der Waals surface area contributed by atoms with Crippen LogP contribution < -0.4 is 5.32 Å². The van der Waals surface area contributed by atoms with Crippen molar-refractivity contribution in [1.82, 2.24) is 20.1 Å². The van der Waals surface area contributed by atoms with Gasteiger partial charge in [0.25, 0.3) is 0 Å². The number of nitrogens with zero attached hydrogens (tertiary/aromatic N) is 3. The molecule has 0 amide bonds. The molecule has 1 atom stereocenters. The van der Waals surface area contributed by atoms with Crippen LogP contribution in [0.4, 0.5) is 0 Å². The van der Waals surface area contributed by atoms with Crippen LogP contribution in [0.5, 0.6) is 0 Å². The molecule has 94 valence electrons. The first kappa shape index (κ1) is 11.7. The summed E-state index contributed by atoms with van der Waals surface area (Å²) in [5, 5.41) is 8.30. The van der Waals surface area contributed by atoms with E-state index >= 15 is 0 Å². The second-order valence-electron chi connectivity index (χ2n) is 4.62. The van der Waals surface area contributed by atoms with Gasteiger partial charge in [0, 0.05) is 6.04 Å². The number of halogens is 1. The van der Waals surface area contributed by atoms with E-state index in [0.717, 1.165) is 23.7 Å². The summed E-state index contributed by atoms with van der Waals surface area (Å²) in [6, 6.07) is 6.74. The van der Waals surface area contributed by atoms with E-state index in [9.17, 15) is 0 Å². The monoisotopic (exact) mass is 262 g/mol. The van der Waals surface area contributed by atoms with E-state index in [4.69, 9.17) is 11.6 Å². The van der Waals surface area contributed by atoms with Crippen LogP contribution in [-0.2, 0) is 6.42 Å². The number of aromatic nitrogens is 3. The van der Waals surface area contributed by atoms with E-state index in [1.165, 1.54) is 24.7 Å². The Labute approximate surface area is 111 Å². The van der Waals surface area contributed by atoms with Gasteiger partial charge in [0.1, 0.15) is 12.7 Å². The Morgan fingerprint density at radius 3 is 3.06 bits per heavy atom. The molecule has 1 aromatic heterocycles. The molecule has 1 aliphatic heterocycles. The highest BCUT2D eigenvalue weighted by atomic mass is 35.5. The van der Waals surface area contributed by atoms with Gasteiger partial charge in [-0.1, -0.05) is 17.7 Å². The predicted molar refractivity (Wildman–Crippen MR) is 71.1 cm³/mol. The summed E-state index contributed by atoms with van der Waals surface area (Å²) in [6.07, 6.45) is 6.72. The maximum absolute atomic E-state index is 6.30. The minimum atomic E-state index is 0.596. The molecule has 0 radical (unpaired) electrons. The van der Waals surface area contributed by atoms with Crippen molar-refractivity contribution >= 4 is 11.6 Å². The van der Waals surface area contributed by atoms with Crippen molar-refractivity contribution in [1.29, 1.82) is 0 Å². The minimum Gasteiger partial charge on any atom is -0.314 e. The summed E-state index contributed by atoms with van der Waals surface area (Å²) in [7, 11) is 0. The molecule has 0 spiro atoms. The highest BCUT2D eigenvalue weighted by molar-refractivity contribution is 6.32. The molecule has 2 aromatic rings. The summed E-state index contributed by atoms with van der Waals surface area (Å²) in [4.78, 5) is 3.93. The van der Waals surface area contributed by atoms with Crippen molar-refractivity contribution in [2.24, 2.45) is 0 Å². The third-order valence-electron chi connectivity index (χ3n) is 3.32. The van der Waals surface area contributed by atoms with Gasteiger partial charge in [-0.05, 0) is 43.5 Å². The lowest BCUT2D eigenvalue weighted by atomic mass is 10.0. The van der Waals surface area contributed by atoms with Crippen LogP contribution in [0.2, 0.25) is 5.02 Å². The quantitative estimate of drug-likeness (QED) is 0.922. The molecule has 4 nitrogen and oxygen atoms in total. The zero-order chi connectivity index (χ0) is 12.4. The van der Waals surface area contributed by atoms with Crippen LogP contribution in [0.25, 0.3) is 5.69 Å². The Kier molecular flexibility index (Phi) is 3.30. The molecular formula is C13H15ClN4. The first-order chi connectivity index (χ1) is 8.83. The van der Waals surface area contributed by atoms with E-state index in [2.05, 4.69) is 21.5 Å². The molecule has 1 aliphatic rings. The van der Waals surface area contributed by atoms with E-state index in [1.54, 1.807) is 11.0 Å². The Hall–Kier alpha value is -1.39. The molecule has 1 unspecified atom stereocenters. The zero-order valence-electron chi connectivity index (χ0n) is 10.0. The van der Waals surface area contributed by atoms with Crippen LogP contribution in [0.15, 0.2) is 30.9 Å².